The SMILES string of the molecule is CCC(=O)c1c(-c2ccccc2)c2cc(Cl)ccc2c(=O)n1Cc1cc(C(=O)OC(C)CC)n(CCC(C)(C)O)n1. The smallest absolute Gasteiger partial charge is 0.356 e. The molecule has 0 aliphatic carbocycles. The van der Waals surface area contributed by atoms with E-state index in [9.17, 15) is 19.5 Å². The first-order chi connectivity index (χ1) is 19.4. The maximum atomic E-state index is 13.9. The second-order valence-corrected chi connectivity index (χ2v) is 11.3. The number of aliphatic hydroxyl groups is 1. The molecule has 8 nitrogen and oxygen atoms in total. The monoisotopic (exact) mass is 577 g/mol. The summed E-state index contributed by atoms with van der Waals surface area (Å²) in [5.41, 5.74) is 0.946. The molecule has 0 amide bonds. The number of pyridine rings is 1. The molecule has 9 heteroatoms. The predicted molar refractivity (Wildman–Crippen MR) is 161 cm³/mol. The summed E-state index contributed by atoms with van der Waals surface area (Å²) >= 11 is 6.36. The van der Waals surface area contributed by atoms with E-state index >= 15 is 0 Å². The van der Waals surface area contributed by atoms with Crippen LogP contribution in [0.15, 0.2) is 59.4 Å². The highest BCUT2D eigenvalue weighted by molar-refractivity contribution is 6.31. The van der Waals surface area contributed by atoms with E-state index in [-0.39, 0.29) is 48.3 Å². The molecule has 0 radical (unpaired) electrons. The molecule has 0 saturated heterocycles. The Morgan fingerprint density at radius 2 is 1.78 bits per heavy atom. The lowest BCUT2D eigenvalue weighted by molar-refractivity contribution is 0.0310. The molecule has 0 fully saturated rings. The largest absolute Gasteiger partial charge is 0.458 e. The third kappa shape index (κ3) is 6.77. The van der Waals surface area contributed by atoms with E-state index < -0.39 is 11.6 Å². The molecule has 0 bridgehead atoms. The summed E-state index contributed by atoms with van der Waals surface area (Å²) in [6.45, 7) is 9.07. The summed E-state index contributed by atoms with van der Waals surface area (Å²) in [7, 11) is 0. The van der Waals surface area contributed by atoms with Crippen LogP contribution in [-0.4, -0.2) is 42.9 Å². The van der Waals surface area contributed by atoms with Crippen LogP contribution in [0.4, 0.5) is 0 Å². The minimum atomic E-state index is -0.980. The van der Waals surface area contributed by atoms with Gasteiger partial charge in [-0.1, -0.05) is 55.8 Å². The second-order valence-electron chi connectivity index (χ2n) is 10.9. The Morgan fingerprint density at radius 1 is 1.07 bits per heavy atom. The van der Waals surface area contributed by atoms with Crippen molar-refractivity contribution < 1.29 is 19.4 Å². The molecule has 4 aromatic rings. The Morgan fingerprint density at radius 3 is 2.41 bits per heavy atom. The van der Waals surface area contributed by atoms with Crippen LogP contribution in [0.5, 0.6) is 0 Å². The molecule has 1 unspecified atom stereocenters. The van der Waals surface area contributed by atoms with E-state index in [0.29, 0.717) is 39.9 Å². The molecule has 0 aliphatic rings. The van der Waals surface area contributed by atoms with Crippen molar-refractivity contribution in [2.24, 2.45) is 0 Å². The topological polar surface area (TPSA) is 103 Å². The number of ether oxygens (including phenoxy) is 1. The Hall–Kier alpha value is -3.75. The van der Waals surface area contributed by atoms with Crippen molar-refractivity contribution in [2.45, 2.75) is 78.7 Å². The summed E-state index contributed by atoms with van der Waals surface area (Å²) in [5, 5.41) is 16.4. The van der Waals surface area contributed by atoms with Crippen LogP contribution in [0.2, 0.25) is 5.02 Å². The van der Waals surface area contributed by atoms with Crippen molar-refractivity contribution >= 4 is 34.1 Å². The summed E-state index contributed by atoms with van der Waals surface area (Å²) < 4.78 is 8.52. The summed E-state index contributed by atoms with van der Waals surface area (Å²) in [4.78, 5) is 40.5. The lowest BCUT2D eigenvalue weighted by atomic mass is 9.94. The van der Waals surface area contributed by atoms with Gasteiger partial charge in [0.15, 0.2) is 5.78 Å². The molecule has 0 aliphatic heterocycles. The van der Waals surface area contributed by atoms with Crippen LogP contribution < -0.4 is 5.56 Å². The average molecular weight is 578 g/mol. The van der Waals surface area contributed by atoms with Gasteiger partial charge in [-0.15, -0.1) is 0 Å². The van der Waals surface area contributed by atoms with Crippen LogP contribution in [0.3, 0.4) is 0 Å². The molecule has 0 spiro atoms. The standard InChI is InChI=1S/C32H36ClN3O5/c1-6-20(3)41-31(39)26-18-23(34-36(26)16-15-32(4,5)40)19-35-29(27(37)7-2)28(21-11-9-8-10-12-21)25-17-22(33)13-14-24(25)30(35)38/h8-14,17-18,20,40H,6-7,15-16,19H2,1-5H3. The van der Waals surface area contributed by atoms with Crippen molar-refractivity contribution in [1.82, 2.24) is 14.3 Å². The fraction of sp³-hybridized carbons (Fsp3) is 0.375. The summed E-state index contributed by atoms with van der Waals surface area (Å²) in [6, 6.07) is 16.1. The fourth-order valence-corrected chi connectivity index (χ4v) is 4.85. The molecular weight excluding hydrogens is 542 g/mol. The van der Waals surface area contributed by atoms with Gasteiger partial charge in [-0.3, -0.25) is 18.8 Å². The molecule has 216 valence electrons. The summed E-state index contributed by atoms with van der Waals surface area (Å²) in [5.74, 6) is -0.745. The Kier molecular flexibility index (Phi) is 9.14. The Bertz CT molecular complexity index is 1630. The number of ketones is 1. The van der Waals surface area contributed by atoms with Gasteiger partial charge in [0.05, 0.1) is 29.6 Å². The summed E-state index contributed by atoms with van der Waals surface area (Å²) in [6.07, 6.45) is 0.877. The Labute approximate surface area is 244 Å². The van der Waals surface area contributed by atoms with Crippen molar-refractivity contribution in [3.8, 4) is 11.1 Å². The average Bonchev–Trinajstić information content (AvgIpc) is 3.35. The van der Waals surface area contributed by atoms with E-state index in [2.05, 4.69) is 5.10 Å². The van der Waals surface area contributed by atoms with Gasteiger partial charge < -0.3 is 9.84 Å². The first-order valence-electron chi connectivity index (χ1n) is 13.9. The lowest BCUT2D eigenvalue weighted by Gasteiger charge is -2.19. The number of benzene rings is 2. The van der Waals surface area contributed by atoms with Gasteiger partial charge in [-0.05, 0) is 68.8 Å². The number of carbonyl (C=O) groups is 2. The van der Waals surface area contributed by atoms with Gasteiger partial charge in [0.2, 0.25) is 0 Å². The van der Waals surface area contributed by atoms with Gasteiger partial charge >= 0.3 is 5.97 Å². The lowest BCUT2D eigenvalue weighted by Crippen LogP contribution is -2.28. The molecule has 1 atom stereocenters. The number of hydrogen-bond donors (Lipinski definition) is 1. The van der Waals surface area contributed by atoms with Crippen molar-refractivity contribution in [1.29, 1.82) is 0 Å². The van der Waals surface area contributed by atoms with E-state index in [1.807, 2.05) is 44.2 Å². The Balaban J connectivity index is 1.93. The normalized spacial score (nSPS) is 12.5. The molecule has 2 heterocycles. The number of halogens is 1. The van der Waals surface area contributed by atoms with Crippen LogP contribution in [0.1, 0.15) is 80.6 Å². The van der Waals surface area contributed by atoms with Gasteiger partial charge in [-0.25, -0.2) is 4.79 Å². The fourth-order valence-electron chi connectivity index (χ4n) is 4.67. The zero-order valence-corrected chi connectivity index (χ0v) is 24.9. The second kappa shape index (κ2) is 12.4. The zero-order chi connectivity index (χ0) is 29.9. The molecule has 41 heavy (non-hydrogen) atoms. The number of Topliss-reactive ketones (excluding diaryl/α,β-unsaturated/α-hetero) is 1. The van der Waals surface area contributed by atoms with Crippen molar-refractivity contribution in [2.75, 3.05) is 0 Å². The van der Waals surface area contributed by atoms with Crippen molar-refractivity contribution in [3.05, 3.63) is 87.1 Å². The molecule has 2 aromatic heterocycles. The predicted octanol–water partition coefficient (Wildman–Crippen LogP) is 6.28. The van der Waals surface area contributed by atoms with Gasteiger partial charge in [0.1, 0.15) is 5.69 Å². The maximum absolute atomic E-state index is 13.9. The number of rotatable bonds is 11. The highest BCUT2D eigenvalue weighted by Gasteiger charge is 2.25. The highest BCUT2D eigenvalue weighted by atomic mass is 35.5. The number of nitrogens with zero attached hydrogens (tertiary/aromatic N) is 3. The number of esters is 1. The molecular formula is C32H36ClN3O5. The number of aromatic nitrogens is 3. The number of fused-ring (bicyclic) bond motifs is 1. The van der Waals surface area contributed by atoms with Crippen LogP contribution in [0, 0.1) is 0 Å². The first-order valence-corrected chi connectivity index (χ1v) is 14.3. The number of hydrogen-bond acceptors (Lipinski definition) is 6. The maximum Gasteiger partial charge on any atom is 0.356 e. The van der Waals surface area contributed by atoms with Crippen molar-refractivity contribution in [3.63, 3.8) is 0 Å². The molecule has 4 rings (SSSR count). The van der Waals surface area contributed by atoms with E-state index in [1.54, 1.807) is 45.0 Å². The van der Waals surface area contributed by atoms with E-state index in [4.69, 9.17) is 16.3 Å². The van der Waals surface area contributed by atoms with E-state index in [1.165, 1.54) is 9.25 Å². The molecule has 2 aromatic carbocycles. The third-order valence-electron chi connectivity index (χ3n) is 7.06. The van der Waals surface area contributed by atoms with Gasteiger partial charge in [0.25, 0.3) is 5.56 Å². The minimum absolute atomic E-state index is 0.0442. The quantitative estimate of drug-likeness (QED) is 0.166. The number of aryl methyl sites for hydroxylation is 1. The van der Waals surface area contributed by atoms with Crippen LogP contribution in [-0.2, 0) is 17.8 Å². The van der Waals surface area contributed by atoms with Gasteiger partial charge in [0, 0.05) is 28.9 Å². The molecule has 0 saturated carbocycles. The van der Waals surface area contributed by atoms with Gasteiger partial charge in [-0.2, -0.15) is 5.10 Å². The zero-order valence-electron chi connectivity index (χ0n) is 24.1. The highest BCUT2D eigenvalue weighted by Crippen LogP contribution is 2.33. The first kappa shape index (κ1) is 30.2. The van der Waals surface area contributed by atoms with Crippen LogP contribution in [0.25, 0.3) is 21.9 Å². The minimum Gasteiger partial charge on any atom is -0.458 e. The molecule has 1 N–H and O–H groups in total. The third-order valence-corrected chi connectivity index (χ3v) is 7.29. The van der Waals surface area contributed by atoms with Crippen LogP contribution >= 0.6 is 11.6 Å². The van der Waals surface area contributed by atoms with E-state index in [0.717, 1.165) is 5.56 Å². The number of carbonyl (C=O) groups excluding carboxylic acids is 2.